The quantitative estimate of drug-likeness (QED) is 0.918. The van der Waals surface area contributed by atoms with Crippen LogP contribution in [0.3, 0.4) is 0 Å². The van der Waals surface area contributed by atoms with E-state index in [-0.39, 0.29) is 6.04 Å². The summed E-state index contributed by atoms with van der Waals surface area (Å²) in [5.74, 6) is 1.16. The minimum atomic E-state index is -0.0556. The fraction of sp³-hybridized carbons (Fsp3) is 0.267. The molecule has 0 aliphatic carbocycles. The highest BCUT2D eigenvalue weighted by Gasteiger charge is 2.08. The SMILES string of the molecule is COc1ncccc1COc1ccc(C(C)N)cc1Cl. The van der Waals surface area contributed by atoms with E-state index in [1.165, 1.54) is 0 Å². The first-order valence-corrected chi connectivity index (χ1v) is 6.65. The second-order valence-electron chi connectivity index (χ2n) is 4.44. The fourth-order valence-electron chi connectivity index (χ4n) is 1.79. The van der Waals surface area contributed by atoms with Crippen LogP contribution in [0.15, 0.2) is 36.5 Å². The van der Waals surface area contributed by atoms with Crippen molar-refractivity contribution >= 4 is 11.6 Å². The average Bonchev–Trinajstić information content (AvgIpc) is 2.46. The molecule has 4 nitrogen and oxygen atoms in total. The number of rotatable bonds is 5. The van der Waals surface area contributed by atoms with Crippen LogP contribution in [0.2, 0.25) is 5.02 Å². The van der Waals surface area contributed by atoms with Crippen LogP contribution in [0, 0.1) is 0 Å². The first-order valence-electron chi connectivity index (χ1n) is 6.27. The Kier molecular flexibility index (Phi) is 4.82. The molecule has 5 heteroatoms. The van der Waals surface area contributed by atoms with Crippen molar-refractivity contribution in [2.45, 2.75) is 19.6 Å². The number of hydrogen-bond donors (Lipinski definition) is 1. The highest BCUT2D eigenvalue weighted by molar-refractivity contribution is 6.32. The predicted molar refractivity (Wildman–Crippen MR) is 79.2 cm³/mol. The number of methoxy groups -OCH3 is 1. The number of ether oxygens (including phenoxy) is 2. The minimum Gasteiger partial charge on any atom is -0.487 e. The topological polar surface area (TPSA) is 57.4 Å². The Bertz CT molecular complexity index is 588. The number of aromatic nitrogens is 1. The molecule has 0 radical (unpaired) electrons. The van der Waals surface area contributed by atoms with Gasteiger partial charge in [-0.15, -0.1) is 0 Å². The van der Waals surface area contributed by atoms with Crippen LogP contribution in [0.25, 0.3) is 0 Å². The van der Waals surface area contributed by atoms with Gasteiger partial charge in [0.2, 0.25) is 5.88 Å². The van der Waals surface area contributed by atoms with Gasteiger partial charge in [0.05, 0.1) is 17.7 Å². The Hall–Kier alpha value is -1.78. The van der Waals surface area contributed by atoms with E-state index in [0.717, 1.165) is 11.1 Å². The average molecular weight is 293 g/mol. The summed E-state index contributed by atoms with van der Waals surface area (Å²) in [5.41, 5.74) is 7.65. The molecule has 20 heavy (non-hydrogen) atoms. The molecular formula is C15H17ClN2O2. The maximum atomic E-state index is 6.19. The van der Waals surface area contributed by atoms with E-state index in [9.17, 15) is 0 Å². The third kappa shape index (κ3) is 3.40. The van der Waals surface area contributed by atoms with Crippen LogP contribution in [-0.4, -0.2) is 12.1 Å². The van der Waals surface area contributed by atoms with Gasteiger partial charge in [-0.2, -0.15) is 0 Å². The first-order chi connectivity index (χ1) is 9.61. The normalized spacial score (nSPS) is 12.0. The zero-order valence-corrected chi connectivity index (χ0v) is 12.2. The highest BCUT2D eigenvalue weighted by Crippen LogP contribution is 2.28. The maximum absolute atomic E-state index is 6.19. The molecule has 1 aromatic carbocycles. The Morgan fingerprint density at radius 2 is 2.15 bits per heavy atom. The molecule has 0 aliphatic heterocycles. The molecule has 0 bridgehead atoms. The van der Waals surface area contributed by atoms with E-state index in [1.807, 2.05) is 37.3 Å². The third-order valence-corrected chi connectivity index (χ3v) is 3.20. The van der Waals surface area contributed by atoms with Gasteiger partial charge in [0, 0.05) is 12.2 Å². The van der Waals surface area contributed by atoms with Crippen molar-refractivity contribution in [1.29, 1.82) is 0 Å². The summed E-state index contributed by atoms with van der Waals surface area (Å²) in [4.78, 5) is 4.12. The minimum absolute atomic E-state index is 0.0556. The van der Waals surface area contributed by atoms with E-state index in [0.29, 0.717) is 23.3 Å². The van der Waals surface area contributed by atoms with Gasteiger partial charge < -0.3 is 15.2 Å². The zero-order chi connectivity index (χ0) is 14.5. The molecule has 0 saturated heterocycles. The maximum Gasteiger partial charge on any atom is 0.219 e. The van der Waals surface area contributed by atoms with E-state index in [1.54, 1.807) is 13.3 Å². The van der Waals surface area contributed by atoms with E-state index in [4.69, 9.17) is 26.8 Å². The summed E-state index contributed by atoms with van der Waals surface area (Å²) in [6.07, 6.45) is 1.67. The molecule has 0 fully saturated rings. The Morgan fingerprint density at radius 3 is 2.80 bits per heavy atom. The molecule has 0 aliphatic rings. The van der Waals surface area contributed by atoms with Crippen LogP contribution < -0.4 is 15.2 Å². The number of hydrogen-bond acceptors (Lipinski definition) is 4. The predicted octanol–water partition coefficient (Wildman–Crippen LogP) is 3.34. The number of benzene rings is 1. The number of nitrogens with two attached hydrogens (primary N) is 1. The Labute approximate surface area is 123 Å². The van der Waals surface area contributed by atoms with Crippen molar-refractivity contribution in [3.05, 3.63) is 52.7 Å². The van der Waals surface area contributed by atoms with Gasteiger partial charge in [-0.05, 0) is 36.8 Å². The van der Waals surface area contributed by atoms with Crippen molar-refractivity contribution in [2.75, 3.05) is 7.11 Å². The van der Waals surface area contributed by atoms with E-state index in [2.05, 4.69) is 4.98 Å². The van der Waals surface area contributed by atoms with Crippen LogP contribution in [0.5, 0.6) is 11.6 Å². The zero-order valence-electron chi connectivity index (χ0n) is 11.5. The van der Waals surface area contributed by atoms with Crippen molar-refractivity contribution in [3.8, 4) is 11.6 Å². The molecule has 2 N–H and O–H groups in total. The lowest BCUT2D eigenvalue weighted by atomic mass is 10.1. The van der Waals surface area contributed by atoms with Crippen LogP contribution in [0.1, 0.15) is 24.1 Å². The summed E-state index contributed by atoms with van der Waals surface area (Å²) in [6, 6.07) is 9.23. The van der Waals surface area contributed by atoms with Crippen LogP contribution >= 0.6 is 11.6 Å². The standard InChI is InChI=1S/C15H17ClN2O2/c1-10(17)11-5-6-14(13(16)8-11)20-9-12-4-3-7-18-15(12)19-2/h3-8,10H,9,17H2,1-2H3. The first kappa shape index (κ1) is 14.6. The van der Waals surface area contributed by atoms with E-state index >= 15 is 0 Å². The monoisotopic (exact) mass is 292 g/mol. The Balaban J connectivity index is 2.11. The molecule has 1 atom stereocenters. The lowest BCUT2D eigenvalue weighted by Crippen LogP contribution is -2.05. The van der Waals surface area contributed by atoms with Crippen LogP contribution in [-0.2, 0) is 6.61 Å². The molecular weight excluding hydrogens is 276 g/mol. The van der Waals surface area contributed by atoms with Gasteiger partial charge in [0.15, 0.2) is 0 Å². The van der Waals surface area contributed by atoms with Crippen molar-refractivity contribution in [2.24, 2.45) is 5.73 Å². The third-order valence-electron chi connectivity index (χ3n) is 2.91. The van der Waals surface area contributed by atoms with Gasteiger partial charge in [0.25, 0.3) is 0 Å². The number of halogens is 1. The molecule has 2 rings (SSSR count). The summed E-state index contributed by atoms with van der Waals surface area (Å²) in [7, 11) is 1.58. The van der Waals surface area contributed by atoms with E-state index < -0.39 is 0 Å². The van der Waals surface area contributed by atoms with Crippen molar-refractivity contribution in [1.82, 2.24) is 4.98 Å². The molecule has 2 aromatic rings. The highest BCUT2D eigenvalue weighted by atomic mass is 35.5. The second-order valence-corrected chi connectivity index (χ2v) is 4.85. The molecule has 0 amide bonds. The fourth-order valence-corrected chi connectivity index (χ4v) is 2.03. The van der Waals surface area contributed by atoms with Gasteiger partial charge >= 0.3 is 0 Å². The summed E-state index contributed by atoms with van der Waals surface area (Å²) < 4.78 is 10.9. The number of pyridine rings is 1. The van der Waals surface area contributed by atoms with Gasteiger partial charge in [-0.1, -0.05) is 17.7 Å². The Morgan fingerprint density at radius 1 is 1.35 bits per heavy atom. The largest absolute Gasteiger partial charge is 0.487 e. The molecule has 0 spiro atoms. The van der Waals surface area contributed by atoms with Gasteiger partial charge in [-0.25, -0.2) is 4.98 Å². The lowest BCUT2D eigenvalue weighted by Gasteiger charge is -2.12. The molecule has 1 aromatic heterocycles. The number of nitrogens with zero attached hydrogens (tertiary/aromatic N) is 1. The van der Waals surface area contributed by atoms with Gasteiger partial charge in [0.1, 0.15) is 12.4 Å². The second kappa shape index (κ2) is 6.59. The van der Waals surface area contributed by atoms with Crippen LogP contribution in [0.4, 0.5) is 0 Å². The molecule has 0 saturated carbocycles. The molecule has 106 valence electrons. The summed E-state index contributed by atoms with van der Waals surface area (Å²) in [5, 5.41) is 0.544. The summed E-state index contributed by atoms with van der Waals surface area (Å²) >= 11 is 6.19. The summed E-state index contributed by atoms with van der Waals surface area (Å²) in [6.45, 7) is 2.25. The molecule has 1 heterocycles. The smallest absolute Gasteiger partial charge is 0.219 e. The van der Waals surface area contributed by atoms with Gasteiger partial charge in [-0.3, -0.25) is 0 Å². The van der Waals surface area contributed by atoms with Crippen molar-refractivity contribution < 1.29 is 9.47 Å². The molecule has 1 unspecified atom stereocenters. The van der Waals surface area contributed by atoms with Crippen molar-refractivity contribution in [3.63, 3.8) is 0 Å². The lowest BCUT2D eigenvalue weighted by molar-refractivity contribution is 0.294.